The van der Waals surface area contributed by atoms with Crippen LogP contribution in [0.25, 0.3) is 6.08 Å². The van der Waals surface area contributed by atoms with E-state index in [1.54, 1.807) is 18.2 Å². The van der Waals surface area contributed by atoms with E-state index in [-0.39, 0.29) is 5.57 Å². The Labute approximate surface area is 195 Å². The van der Waals surface area contributed by atoms with Gasteiger partial charge in [0.1, 0.15) is 24.0 Å². The molecule has 0 spiro atoms. The summed E-state index contributed by atoms with van der Waals surface area (Å²) in [5.41, 5.74) is 1.58. The van der Waals surface area contributed by atoms with Crippen LogP contribution in [0.2, 0.25) is 5.02 Å². The van der Waals surface area contributed by atoms with E-state index in [0.29, 0.717) is 29.5 Å². The fourth-order valence-electron chi connectivity index (χ4n) is 3.06. The zero-order valence-electron chi connectivity index (χ0n) is 16.9. The quantitative estimate of drug-likeness (QED) is 0.434. The molecule has 2 aromatic carbocycles. The van der Waals surface area contributed by atoms with Crippen molar-refractivity contribution in [1.29, 1.82) is 5.26 Å². The summed E-state index contributed by atoms with van der Waals surface area (Å²) in [6.07, 6.45) is 1.51. The fraction of sp³-hybridized carbons (Fsp3) is 0.304. The number of nitrogens with zero attached hydrogens (tertiary/aromatic N) is 2. The minimum atomic E-state index is -0.444. The molecule has 8 heteroatoms. The molecule has 1 aliphatic rings. The van der Waals surface area contributed by atoms with Gasteiger partial charge in [0.15, 0.2) is 0 Å². The highest BCUT2D eigenvalue weighted by Crippen LogP contribution is 2.26. The predicted molar refractivity (Wildman–Crippen MR) is 124 cm³/mol. The van der Waals surface area contributed by atoms with Gasteiger partial charge in [-0.3, -0.25) is 9.69 Å². The van der Waals surface area contributed by atoms with Gasteiger partial charge >= 0.3 is 0 Å². The van der Waals surface area contributed by atoms with Crippen LogP contribution in [0.15, 0.2) is 52.5 Å². The minimum Gasteiger partial charge on any atom is -0.491 e. The molecule has 162 valence electrons. The van der Waals surface area contributed by atoms with E-state index in [9.17, 15) is 10.1 Å². The molecule has 3 rings (SSSR count). The number of nitriles is 1. The molecule has 1 saturated heterocycles. The second-order valence-corrected chi connectivity index (χ2v) is 8.20. The molecule has 0 bridgehead atoms. The number of carbonyl (C=O) groups excluding carboxylic acids is 1. The molecule has 2 aromatic rings. The van der Waals surface area contributed by atoms with Crippen LogP contribution in [-0.2, 0) is 16.1 Å². The zero-order chi connectivity index (χ0) is 22.1. The average molecular weight is 505 g/mol. The van der Waals surface area contributed by atoms with Crippen LogP contribution in [0.5, 0.6) is 5.75 Å². The Morgan fingerprint density at radius 3 is 2.77 bits per heavy atom. The lowest BCUT2D eigenvalue weighted by Crippen LogP contribution is -2.38. The summed E-state index contributed by atoms with van der Waals surface area (Å²) >= 11 is 9.78. The molecule has 1 amide bonds. The number of morpholine rings is 1. The lowest BCUT2D eigenvalue weighted by atomic mass is 10.1. The van der Waals surface area contributed by atoms with Gasteiger partial charge < -0.3 is 14.8 Å². The van der Waals surface area contributed by atoms with Gasteiger partial charge in [0, 0.05) is 30.7 Å². The van der Waals surface area contributed by atoms with Gasteiger partial charge in [0.25, 0.3) is 5.91 Å². The van der Waals surface area contributed by atoms with E-state index in [1.807, 2.05) is 30.3 Å². The third-order valence-corrected chi connectivity index (χ3v) is 5.87. The Hall–Kier alpha value is -2.37. The molecular formula is C23H23BrClN3O3. The predicted octanol–water partition coefficient (Wildman–Crippen LogP) is 4.04. The van der Waals surface area contributed by atoms with Crippen molar-refractivity contribution in [3.63, 3.8) is 0 Å². The number of amides is 1. The number of nitrogens with one attached hydrogen (secondary N) is 1. The van der Waals surface area contributed by atoms with Crippen molar-refractivity contribution in [3.05, 3.63) is 68.7 Å². The molecule has 0 saturated carbocycles. The highest BCUT2D eigenvalue weighted by molar-refractivity contribution is 9.10. The van der Waals surface area contributed by atoms with Gasteiger partial charge in [-0.05, 0) is 35.4 Å². The highest BCUT2D eigenvalue weighted by Gasteiger charge is 2.12. The van der Waals surface area contributed by atoms with Crippen molar-refractivity contribution >= 4 is 39.5 Å². The SMILES string of the molecule is N#C/C(=C\c1ccc(OCCN2CCOCC2)c(Cl)c1)C(=O)NCc1ccccc1Br. The summed E-state index contributed by atoms with van der Waals surface area (Å²) in [5.74, 6) is 0.129. The number of hydrogen-bond acceptors (Lipinski definition) is 5. The standard InChI is InChI=1S/C23H23BrClN3O3/c24-20-4-2-1-3-18(20)16-27-23(29)19(15-26)13-17-5-6-22(21(25)14-17)31-12-9-28-7-10-30-11-8-28/h1-6,13-14H,7-12,16H2,(H,27,29)/b19-13+. The van der Waals surface area contributed by atoms with E-state index in [1.165, 1.54) is 6.08 Å². The Kier molecular flexibility index (Phi) is 8.92. The molecule has 1 fully saturated rings. The maximum atomic E-state index is 12.4. The van der Waals surface area contributed by atoms with Gasteiger partial charge in [-0.15, -0.1) is 0 Å². The van der Waals surface area contributed by atoms with Crippen LogP contribution in [0.1, 0.15) is 11.1 Å². The molecule has 1 aliphatic heterocycles. The van der Waals surface area contributed by atoms with Crippen molar-refractivity contribution in [2.45, 2.75) is 6.54 Å². The average Bonchev–Trinajstić information content (AvgIpc) is 2.79. The molecule has 6 nitrogen and oxygen atoms in total. The van der Waals surface area contributed by atoms with Crippen LogP contribution in [0, 0.1) is 11.3 Å². The maximum absolute atomic E-state index is 12.4. The molecule has 31 heavy (non-hydrogen) atoms. The van der Waals surface area contributed by atoms with Crippen molar-refractivity contribution in [2.75, 3.05) is 39.5 Å². The third kappa shape index (κ3) is 7.08. The maximum Gasteiger partial charge on any atom is 0.262 e. The number of benzene rings is 2. The molecule has 1 N–H and O–H groups in total. The number of ether oxygens (including phenoxy) is 2. The molecule has 0 aromatic heterocycles. The number of halogens is 2. The monoisotopic (exact) mass is 503 g/mol. The molecule has 0 radical (unpaired) electrons. The van der Waals surface area contributed by atoms with E-state index in [2.05, 4.69) is 26.1 Å². The van der Waals surface area contributed by atoms with Crippen molar-refractivity contribution in [2.24, 2.45) is 0 Å². The van der Waals surface area contributed by atoms with E-state index in [0.717, 1.165) is 42.9 Å². The second-order valence-electron chi connectivity index (χ2n) is 6.94. The fourth-order valence-corrected chi connectivity index (χ4v) is 3.73. The first-order valence-electron chi connectivity index (χ1n) is 9.92. The van der Waals surface area contributed by atoms with Crippen molar-refractivity contribution in [1.82, 2.24) is 10.2 Å². The summed E-state index contributed by atoms with van der Waals surface area (Å²) in [7, 11) is 0. The van der Waals surface area contributed by atoms with E-state index in [4.69, 9.17) is 21.1 Å². The lowest BCUT2D eigenvalue weighted by Gasteiger charge is -2.26. The van der Waals surface area contributed by atoms with E-state index >= 15 is 0 Å². The number of rotatable bonds is 8. The highest BCUT2D eigenvalue weighted by atomic mass is 79.9. The van der Waals surface area contributed by atoms with Crippen molar-refractivity contribution in [3.8, 4) is 11.8 Å². The molecule has 0 unspecified atom stereocenters. The van der Waals surface area contributed by atoms with Gasteiger partial charge in [0.05, 0.1) is 18.2 Å². The summed E-state index contributed by atoms with van der Waals surface area (Å²) in [6.45, 7) is 4.95. The summed E-state index contributed by atoms with van der Waals surface area (Å²) in [6, 6.07) is 14.7. The Bertz CT molecular complexity index is 984. The van der Waals surface area contributed by atoms with Crippen LogP contribution < -0.4 is 10.1 Å². The molecule has 0 atom stereocenters. The van der Waals surface area contributed by atoms with Crippen LogP contribution >= 0.6 is 27.5 Å². The van der Waals surface area contributed by atoms with Gasteiger partial charge in [-0.1, -0.05) is 51.8 Å². The van der Waals surface area contributed by atoms with Crippen molar-refractivity contribution < 1.29 is 14.3 Å². The number of hydrogen-bond donors (Lipinski definition) is 1. The second kappa shape index (κ2) is 11.9. The Balaban J connectivity index is 1.57. The minimum absolute atomic E-state index is 0.00380. The topological polar surface area (TPSA) is 74.6 Å². The van der Waals surface area contributed by atoms with Gasteiger partial charge in [-0.2, -0.15) is 5.26 Å². The van der Waals surface area contributed by atoms with Crippen LogP contribution in [0.4, 0.5) is 0 Å². The summed E-state index contributed by atoms with van der Waals surface area (Å²) in [5, 5.41) is 12.6. The smallest absolute Gasteiger partial charge is 0.262 e. The first-order chi connectivity index (χ1) is 15.1. The van der Waals surface area contributed by atoms with Gasteiger partial charge in [0.2, 0.25) is 0 Å². The Morgan fingerprint density at radius 2 is 2.06 bits per heavy atom. The normalized spacial score (nSPS) is 14.7. The first kappa shape index (κ1) is 23.3. The zero-order valence-corrected chi connectivity index (χ0v) is 19.3. The Morgan fingerprint density at radius 1 is 1.29 bits per heavy atom. The third-order valence-electron chi connectivity index (χ3n) is 4.80. The van der Waals surface area contributed by atoms with E-state index < -0.39 is 5.91 Å². The van der Waals surface area contributed by atoms with Crippen LogP contribution in [0.3, 0.4) is 0 Å². The molecule has 1 heterocycles. The summed E-state index contributed by atoms with van der Waals surface area (Å²) in [4.78, 5) is 14.7. The number of carbonyl (C=O) groups is 1. The molecule has 0 aliphatic carbocycles. The first-order valence-corrected chi connectivity index (χ1v) is 11.1. The lowest BCUT2D eigenvalue weighted by molar-refractivity contribution is -0.117. The van der Waals surface area contributed by atoms with Gasteiger partial charge in [-0.25, -0.2) is 0 Å². The molecular weight excluding hydrogens is 482 g/mol. The summed E-state index contributed by atoms with van der Waals surface area (Å²) < 4.78 is 12.0. The largest absolute Gasteiger partial charge is 0.491 e. The van der Waals surface area contributed by atoms with Crippen LogP contribution in [-0.4, -0.2) is 50.3 Å².